The summed E-state index contributed by atoms with van der Waals surface area (Å²) in [6.45, 7) is 6.88. The lowest BCUT2D eigenvalue weighted by Gasteiger charge is -2.17. The van der Waals surface area contributed by atoms with Gasteiger partial charge in [-0.3, -0.25) is 9.69 Å². The molecule has 2 aromatic carbocycles. The second-order valence-electron chi connectivity index (χ2n) is 7.35. The highest BCUT2D eigenvalue weighted by Crippen LogP contribution is 2.23. The highest BCUT2D eigenvalue weighted by molar-refractivity contribution is 5.99. The molecule has 2 aromatic rings. The molecule has 1 fully saturated rings. The number of nitrogens with zero attached hydrogens (tertiary/aromatic N) is 2. The summed E-state index contributed by atoms with van der Waals surface area (Å²) in [5.41, 5.74) is 6.48. The minimum absolute atomic E-state index is 0.0803. The van der Waals surface area contributed by atoms with Crippen LogP contribution in [0.5, 0.6) is 11.5 Å². The predicted molar refractivity (Wildman–Crippen MR) is 115 cm³/mol. The number of methoxy groups -OCH3 is 1. The van der Waals surface area contributed by atoms with Crippen molar-refractivity contribution in [3.8, 4) is 11.5 Å². The fraction of sp³-hybridized carbons (Fsp3) is 0.391. The Morgan fingerprint density at radius 3 is 2.69 bits per heavy atom. The molecule has 6 heteroatoms. The Morgan fingerprint density at radius 1 is 1.17 bits per heavy atom. The number of rotatable bonds is 8. The van der Waals surface area contributed by atoms with E-state index >= 15 is 0 Å². The number of hydrogen-bond donors (Lipinski definition) is 1. The van der Waals surface area contributed by atoms with Crippen molar-refractivity contribution in [1.29, 1.82) is 0 Å². The summed E-state index contributed by atoms with van der Waals surface area (Å²) in [6.07, 6.45) is 2.50. The van der Waals surface area contributed by atoms with Gasteiger partial charge < -0.3 is 9.47 Å². The maximum Gasteiger partial charge on any atom is 0.277 e. The minimum Gasteiger partial charge on any atom is -0.496 e. The van der Waals surface area contributed by atoms with E-state index in [1.807, 2.05) is 50.2 Å². The van der Waals surface area contributed by atoms with Crippen molar-refractivity contribution < 1.29 is 14.3 Å². The average molecular weight is 396 g/mol. The van der Waals surface area contributed by atoms with Gasteiger partial charge in [-0.1, -0.05) is 12.1 Å². The van der Waals surface area contributed by atoms with Crippen molar-refractivity contribution in [3.63, 3.8) is 0 Å². The van der Waals surface area contributed by atoms with Crippen LogP contribution >= 0.6 is 0 Å². The molecule has 1 amide bonds. The number of likely N-dealkylation sites (tertiary alicyclic amines) is 1. The van der Waals surface area contributed by atoms with Gasteiger partial charge in [0.1, 0.15) is 11.5 Å². The van der Waals surface area contributed by atoms with E-state index in [4.69, 9.17) is 9.47 Å². The molecule has 1 aliphatic heterocycles. The van der Waals surface area contributed by atoms with Crippen molar-refractivity contribution in [2.45, 2.75) is 33.2 Å². The predicted octanol–water partition coefficient (Wildman–Crippen LogP) is 3.52. The van der Waals surface area contributed by atoms with Gasteiger partial charge in [-0.05, 0) is 81.2 Å². The first-order valence-corrected chi connectivity index (χ1v) is 9.97. The molecule has 0 bridgehead atoms. The third-order valence-electron chi connectivity index (χ3n) is 5.00. The van der Waals surface area contributed by atoms with Gasteiger partial charge in [0, 0.05) is 12.1 Å². The van der Waals surface area contributed by atoms with Crippen LogP contribution in [0.25, 0.3) is 0 Å². The molecule has 1 heterocycles. The molecule has 0 spiro atoms. The lowest BCUT2D eigenvalue weighted by atomic mass is 10.1. The average Bonchev–Trinajstić information content (AvgIpc) is 3.23. The Bertz CT molecular complexity index is 873. The normalized spacial score (nSPS) is 14.7. The molecule has 0 aromatic heterocycles. The van der Waals surface area contributed by atoms with Crippen LogP contribution < -0.4 is 14.9 Å². The summed E-state index contributed by atoms with van der Waals surface area (Å²) in [6, 6.07) is 13.6. The molecule has 3 rings (SSSR count). The Morgan fingerprint density at radius 2 is 1.97 bits per heavy atom. The quantitative estimate of drug-likeness (QED) is 0.549. The molecule has 0 atom stereocenters. The summed E-state index contributed by atoms with van der Waals surface area (Å²) in [4.78, 5) is 14.5. The van der Waals surface area contributed by atoms with Crippen LogP contribution in [0.4, 0.5) is 0 Å². The van der Waals surface area contributed by atoms with Gasteiger partial charge in [-0.15, -0.1) is 0 Å². The number of hydrazone groups is 1. The molecule has 0 unspecified atom stereocenters. The molecule has 29 heavy (non-hydrogen) atoms. The van der Waals surface area contributed by atoms with Gasteiger partial charge >= 0.3 is 0 Å². The molecule has 1 aliphatic rings. The van der Waals surface area contributed by atoms with Gasteiger partial charge in [0.25, 0.3) is 5.91 Å². The van der Waals surface area contributed by atoms with E-state index in [2.05, 4.69) is 21.5 Å². The van der Waals surface area contributed by atoms with Crippen LogP contribution in [0.15, 0.2) is 47.6 Å². The third kappa shape index (κ3) is 6.06. The summed E-state index contributed by atoms with van der Waals surface area (Å²) in [5, 5.41) is 4.24. The van der Waals surface area contributed by atoms with E-state index in [1.54, 1.807) is 7.11 Å². The molecular weight excluding hydrogens is 366 g/mol. The van der Waals surface area contributed by atoms with Crippen LogP contribution in [0, 0.1) is 6.92 Å². The number of ether oxygens (including phenoxy) is 2. The number of aryl methyl sites for hydroxylation is 1. The zero-order valence-electron chi connectivity index (χ0n) is 17.4. The van der Waals surface area contributed by atoms with Crippen molar-refractivity contribution in [2.75, 3.05) is 26.8 Å². The number of benzene rings is 2. The Hall–Kier alpha value is -2.86. The van der Waals surface area contributed by atoms with Crippen LogP contribution in [0.1, 0.15) is 36.5 Å². The summed E-state index contributed by atoms with van der Waals surface area (Å²) >= 11 is 0. The number of amides is 1. The molecule has 154 valence electrons. The largest absolute Gasteiger partial charge is 0.496 e. The third-order valence-corrected chi connectivity index (χ3v) is 5.00. The highest BCUT2D eigenvalue weighted by Gasteiger charge is 2.15. The summed E-state index contributed by atoms with van der Waals surface area (Å²) < 4.78 is 11.0. The van der Waals surface area contributed by atoms with E-state index in [1.165, 1.54) is 12.8 Å². The van der Waals surface area contributed by atoms with Crippen LogP contribution in [0.2, 0.25) is 0 Å². The zero-order chi connectivity index (χ0) is 20.6. The second-order valence-corrected chi connectivity index (χ2v) is 7.35. The number of carbonyl (C=O) groups excluding carboxylic acids is 1. The van der Waals surface area contributed by atoms with Crippen LogP contribution in [-0.2, 0) is 11.3 Å². The monoisotopic (exact) mass is 395 g/mol. The van der Waals surface area contributed by atoms with E-state index in [0.717, 1.165) is 47.8 Å². The number of hydrogen-bond acceptors (Lipinski definition) is 5. The smallest absolute Gasteiger partial charge is 0.277 e. The first kappa shape index (κ1) is 20.9. The second kappa shape index (κ2) is 10.1. The summed E-state index contributed by atoms with van der Waals surface area (Å²) in [5.74, 6) is 1.25. The molecular formula is C23H29N3O3. The standard InChI is InChI=1S/C23H29N3O3/c1-17-7-6-8-21(13-17)29-16-23(27)25-24-18(2)19-9-10-22(28-3)20(14-19)15-26-11-4-5-12-26/h6-10,13-14H,4-5,11-12,15-16H2,1-3H3,(H,25,27)/b24-18-. The zero-order valence-corrected chi connectivity index (χ0v) is 17.4. The highest BCUT2D eigenvalue weighted by atomic mass is 16.5. The van der Waals surface area contributed by atoms with Gasteiger partial charge in [-0.25, -0.2) is 5.43 Å². The van der Waals surface area contributed by atoms with Gasteiger partial charge in [0.05, 0.1) is 12.8 Å². The Labute approximate surface area is 172 Å². The van der Waals surface area contributed by atoms with Crippen LogP contribution in [-0.4, -0.2) is 43.3 Å². The van der Waals surface area contributed by atoms with E-state index in [0.29, 0.717) is 5.75 Å². The lowest BCUT2D eigenvalue weighted by molar-refractivity contribution is -0.123. The fourth-order valence-corrected chi connectivity index (χ4v) is 3.41. The van der Waals surface area contributed by atoms with Crippen molar-refractivity contribution in [3.05, 3.63) is 59.2 Å². The Balaban J connectivity index is 1.60. The van der Waals surface area contributed by atoms with E-state index in [-0.39, 0.29) is 12.5 Å². The molecule has 0 radical (unpaired) electrons. The lowest BCUT2D eigenvalue weighted by Crippen LogP contribution is -2.25. The van der Waals surface area contributed by atoms with Crippen molar-refractivity contribution in [1.82, 2.24) is 10.3 Å². The van der Waals surface area contributed by atoms with Gasteiger partial charge in [-0.2, -0.15) is 5.10 Å². The molecule has 6 nitrogen and oxygen atoms in total. The van der Waals surface area contributed by atoms with E-state index < -0.39 is 0 Å². The maximum atomic E-state index is 12.1. The molecule has 1 N–H and O–H groups in total. The Kier molecular flexibility index (Phi) is 7.25. The first-order valence-electron chi connectivity index (χ1n) is 9.97. The van der Waals surface area contributed by atoms with Crippen molar-refractivity contribution >= 4 is 11.6 Å². The molecule has 0 aliphatic carbocycles. The topological polar surface area (TPSA) is 63.2 Å². The molecule has 1 saturated heterocycles. The van der Waals surface area contributed by atoms with Crippen LogP contribution in [0.3, 0.4) is 0 Å². The van der Waals surface area contributed by atoms with Crippen molar-refractivity contribution in [2.24, 2.45) is 5.10 Å². The number of carbonyl (C=O) groups is 1. The summed E-state index contributed by atoms with van der Waals surface area (Å²) in [7, 11) is 1.69. The number of nitrogens with one attached hydrogen (secondary N) is 1. The SMILES string of the molecule is COc1ccc(/C(C)=N\NC(=O)COc2cccc(C)c2)cc1CN1CCCC1. The maximum absolute atomic E-state index is 12.1. The van der Waals surface area contributed by atoms with Gasteiger partial charge in [0.2, 0.25) is 0 Å². The fourth-order valence-electron chi connectivity index (χ4n) is 3.41. The first-order chi connectivity index (χ1) is 14.0. The van der Waals surface area contributed by atoms with Gasteiger partial charge in [0.15, 0.2) is 6.61 Å². The minimum atomic E-state index is -0.295. The van der Waals surface area contributed by atoms with E-state index in [9.17, 15) is 4.79 Å². The molecule has 0 saturated carbocycles.